The van der Waals surface area contributed by atoms with E-state index in [0.717, 1.165) is 30.2 Å². The Morgan fingerprint density at radius 2 is 1.91 bits per heavy atom. The van der Waals surface area contributed by atoms with Crippen molar-refractivity contribution >= 4 is 11.6 Å². The summed E-state index contributed by atoms with van der Waals surface area (Å²) in [5, 5.41) is 4.35. The minimum absolute atomic E-state index is 0.475. The number of hydrogen-bond donors (Lipinski definition) is 1. The van der Waals surface area contributed by atoms with Gasteiger partial charge in [-0.05, 0) is 36.7 Å². The summed E-state index contributed by atoms with van der Waals surface area (Å²) in [6.07, 6.45) is 0. The minimum Gasteiger partial charge on any atom is -0.315 e. The highest BCUT2D eigenvalue weighted by Crippen LogP contribution is 2.31. The zero-order valence-electron chi connectivity index (χ0n) is 13.2. The monoisotopic (exact) mass is 314 g/mol. The molecule has 0 aliphatic carbocycles. The molecule has 1 aliphatic heterocycles. The Kier molecular flexibility index (Phi) is 4.82. The average molecular weight is 315 g/mol. The molecule has 2 aromatic rings. The average Bonchev–Trinajstić information content (AvgIpc) is 2.94. The van der Waals surface area contributed by atoms with Crippen molar-refractivity contribution in [3.8, 4) is 0 Å². The predicted octanol–water partition coefficient (Wildman–Crippen LogP) is 3.84. The Balaban J connectivity index is 1.75. The molecule has 1 fully saturated rings. The summed E-state index contributed by atoms with van der Waals surface area (Å²) in [6.45, 7) is 5.20. The smallest absolute Gasteiger partial charge is 0.0438 e. The fourth-order valence-electron chi connectivity index (χ4n) is 3.33. The molecule has 22 heavy (non-hydrogen) atoms. The molecule has 0 bridgehead atoms. The molecule has 0 spiro atoms. The van der Waals surface area contributed by atoms with E-state index in [9.17, 15) is 0 Å². The van der Waals surface area contributed by atoms with E-state index in [4.69, 9.17) is 11.6 Å². The van der Waals surface area contributed by atoms with Crippen molar-refractivity contribution in [1.82, 2.24) is 10.2 Å². The minimum atomic E-state index is 0.475. The SMILES string of the molecule is CN[C@H]1CN(Cc2ccccc2)C[C@@H]1c1ccc(C)c(Cl)c1. The Morgan fingerprint density at radius 1 is 1.14 bits per heavy atom. The molecule has 1 aliphatic rings. The maximum atomic E-state index is 6.32. The van der Waals surface area contributed by atoms with E-state index in [1.54, 1.807) is 0 Å². The van der Waals surface area contributed by atoms with Crippen LogP contribution in [0.5, 0.6) is 0 Å². The fourth-order valence-corrected chi connectivity index (χ4v) is 3.51. The van der Waals surface area contributed by atoms with Gasteiger partial charge in [-0.1, -0.05) is 54.1 Å². The molecule has 2 nitrogen and oxygen atoms in total. The maximum Gasteiger partial charge on any atom is 0.0438 e. The van der Waals surface area contributed by atoms with E-state index in [1.807, 2.05) is 0 Å². The third-order valence-corrected chi connectivity index (χ3v) is 5.05. The second-order valence-electron chi connectivity index (χ2n) is 6.19. The predicted molar refractivity (Wildman–Crippen MR) is 93.5 cm³/mol. The van der Waals surface area contributed by atoms with Crippen LogP contribution in [0.2, 0.25) is 5.02 Å². The van der Waals surface area contributed by atoms with Gasteiger partial charge in [-0.2, -0.15) is 0 Å². The number of rotatable bonds is 4. The molecule has 3 rings (SSSR count). The lowest BCUT2D eigenvalue weighted by molar-refractivity contribution is 0.320. The lowest BCUT2D eigenvalue weighted by atomic mass is 9.94. The highest BCUT2D eigenvalue weighted by molar-refractivity contribution is 6.31. The standard InChI is InChI=1S/C19H23ClN2/c1-14-8-9-16(10-18(14)20)17-12-22(13-19(17)21-2)11-15-6-4-3-5-7-15/h3-10,17,19,21H,11-13H2,1-2H3/t17-,19+/m1/s1. The van der Waals surface area contributed by atoms with Crippen molar-refractivity contribution in [2.75, 3.05) is 20.1 Å². The number of aryl methyl sites for hydroxylation is 1. The van der Waals surface area contributed by atoms with Crippen molar-refractivity contribution < 1.29 is 0 Å². The molecule has 0 saturated carbocycles. The van der Waals surface area contributed by atoms with Gasteiger partial charge in [0.2, 0.25) is 0 Å². The van der Waals surface area contributed by atoms with Gasteiger partial charge in [0.1, 0.15) is 0 Å². The quantitative estimate of drug-likeness (QED) is 0.922. The molecule has 0 aromatic heterocycles. The topological polar surface area (TPSA) is 15.3 Å². The number of likely N-dealkylation sites (N-methyl/N-ethyl adjacent to an activating group) is 1. The van der Waals surface area contributed by atoms with Crippen LogP contribution in [0, 0.1) is 6.92 Å². The first kappa shape index (κ1) is 15.5. The summed E-state index contributed by atoms with van der Waals surface area (Å²) >= 11 is 6.32. The van der Waals surface area contributed by atoms with Gasteiger partial charge < -0.3 is 5.32 Å². The highest BCUT2D eigenvalue weighted by Gasteiger charge is 2.32. The number of halogens is 1. The van der Waals surface area contributed by atoms with Gasteiger partial charge in [-0.25, -0.2) is 0 Å². The van der Waals surface area contributed by atoms with Gasteiger partial charge in [0.25, 0.3) is 0 Å². The molecule has 1 N–H and O–H groups in total. The van der Waals surface area contributed by atoms with Crippen LogP contribution < -0.4 is 5.32 Å². The van der Waals surface area contributed by atoms with Crippen LogP contribution in [0.4, 0.5) is 0 Å². The van der Waals surface area contributed by atoms with E-state index < -0.39 is 0 Å². The maximum absolute atomic E-state index is 6.32. The van der Waals surface area contributed by atoms with E-state index in [2.05, 4.69) is 72.7 Å². The number of benzene rings is 2. The lowest BCUT2D eigenvalue weighted by Crippen LogP contribution is -2.32. The fraction of sp³-hybridized carbons (Fsp3) is 0.368. The van der Waals surface area contributed by atoms with Crippen molar-refractivity contribution in [2.45, 2.75) is 25.4 Å². The molecule has 0 amide bonds. The van der Waals surface area contributed by atoms with Crippen LogP contribution >= 0.6 is 11.6 Å². The number of likely N-dealkylation sites (tertiary alicyclic amines) is 1. The molecular formula is C19H23ClN2. The molecule has 1 saturated heterocycles. The van der Waals surface area contributed by atoms with Crippen LogP contribution in [-0.2, 0) is 6.54 Å². The zero-order chi connectivity index (χ0) is 15.5. The molecule has 1 heterocycles. The Bertz CT molecular complexity index is 627. The summed E-state index contributed by atoms with van der Waals surface area (Å²) in [6, 6.07) is 17.7. The molecule has 2 atom stereocenters. The molecule has 3 heteroatoms. The Morgan fingerprint density at radius 3 is 2.59 bits per heavy atom. The molecule has 0 radical (unpaired) electrons. The van der Waals surface area contributed by atoms with E-state index in [-0.39, 0.29) is 0 Å². The van der Waals surface area contributed by atoms with Crippen molar-refractivity contribution in [2.24, 2.45) is 0 Å². The van der Waals surface area contributed by atoms with Crippen LogP contribution in [0.3, 0.4) is 0 Å². The first-order valence-electron chi connectivity index (χ1n) is 7.87. The van der Waals surface area contributed by atoms with E-state index in [1.165, 1.54) is 11.1 Å². The number of hydrogen-bond acceptors (Lipinski definition) is 2. The third kappa shape index (κ3) is 3.35. The zero-order valence-corrected chi connectivity index (χ0v) is 14.0. The van der Waals surface area contributed by atoms with Crippen LogP contribution in [0.15, 0.2) is 48.5 Å². The summed E-state index contributed by atoms with van der Waals surface area (Å²) in [5.41, 5.74) is 3.86. The highest BCUT2D eigenvalue weighted by atomic mass is 35.5. The van der Waals surface area contributed by atoms with Crippen molar-refractivity contribution in [3.05, 3.63) is 70.2 Å². The summed E-state index contributed by atoms with van der Waals surface area (Å²) in [4.78, 5) is 2.52. The second kappa shape index (κ2) is 6.82. The molecular weight excluding hydrogens is 292 g/mol. The Hall–Kier alpha value is -1.35. The van der Waals surface area contributed by atoms with Gasteiger partial charge >= 0.3 is 0 Å². The van der Waals surface area contributed by atoms with Crippen molar-refractivity contribution in [1.29, 1.82) is 0 Å². The molecule has 0 unspecified atom stereocenters. The van der Waals surface area contributed by atoms with Gasteiger partial charge in [0, 0.05) is 36.6 Å². The van der Waals surface area contributed by atoms with Gasteiger partial charge in [0.05, 0.1) is 0 Å². The molecule has 116 valence electrons. The molecule has 2 aromatic carbocycles. The van der Waals surface area contributed by atoms with E-state index >= 15 is 0 Å². The number of nitrogens with one attached hydrogen (secondary N) is 1. The summed E-state index contributed by atoms with van der Waals surface area (Å²) in [7, 11) is 2.06. The van der Waals surface area contributed by atoms with Gasteiger partial charge in [-0.15, -0.1) is 0 Å². The summed E-state index contributed by atoms with van der Waals surface area (Å²) in [5.74, 6) is 0.492. The van der Waals surface area contributed by atoms with E-state index in [0.29, 0.717) is 12.0 Å². The summed E-state index contributed by atoms with van der Waals surface area (Å²) < 4.78 is 0. The van der Waals surface area contributed by atoms with Crippen LogP contribution in [-0.4, -0.2) is 31.1 Å². The van der Waals surface area contributed by atoms with Gasteiger partial charge in [0.15, 0.2) is 0 Å². The van der Waals surface area contributed by atoms with Gasteiger partial charge in [-0.3, -0.25) is 4.90 Å². The van der Waals surface area contributed by atoms with Crippen molar-refractivity contribution in [3.63, 3.8) is 0 Å². The number of nitrogens with zero attached hydrogens (tertiary/aromatic N) is 1. The Labute approximate surface area is 138 Å². The largest absolute Gasteiger partial charge is 0.315 e. The second-order valence-corrected chi connectivity index (χ2v) is 6.60. The van der Waals surface area contributed by atoms with Crippen LogP contribution in [0.25, 0.3) is 0 Å². The first-order chi connectivity index (χ1) is 10.7. The normalized spacial score (nSPS) is 22.1. The third-order valence-electron chi connectivity index (χ3n) is 4.64. The van der Waals surface area contributed by atoms with Crippen LogP contribution in [0.1, 0.15) is 22.6 Å². The first-order valence-corrected chi connectivity index (χ1v) is 8.25. The lowest BCUT2D eigenvalue weighted by Gasteiger charge is -2.18.